The highest BCUT2D eigenvalue weighted by molar-refractivity contribution is 5.36. The van der Waals surface area contributed by atoms with Gasteiger partial charge in [-0.1, -0.05) is 29.3 Å². The number of ether oxygens (including phenoxy) is 1. The molecule has 0 saturated carbocycles. The van der Waals surface area contributed by atoms with Crippen molar-refractivity contribution in [3.63, 3.8) is 0 Å². The molecule has 1 unspecified atom stereocenters. The predicted molar refractivity (Wildman–Crippen MR) is 70.8 cm³/mol. The maximum Gasteiger partial charge on any atom is 0.137 e. The van der Waals surface area contributed by atoms with E-state index < -0.39 is 6.10 Å². The fourth-order valence-electron chi connectivity index (χ4n) is 2.06. The van der Waals surface area contributed by atoms with Crippen LogP contribution >= 0.6 is 0 Å². The number of aliphatic hydroxyl groups is 1. The van der Waals surface area contributed by atoms with Gasteiger partial charge in [-0.25, -0.2) is 0 Å². The Morgan fingerprint density at radius 3 is 2.28 bits per heavy atom. The van der Waals surface area contributed by atoms with E-state index in [0.29, 0.717) is 5.75 Å². The van der Waals surface area contributed by atoms with E-state index in [9.17, 15) is 5.11 Å². The Morgan fingerprint density at radius 2 is 1.67 bits per heavy atom. The van der Waals surface area contributed by atoms with Crippen LogP contribution in [-0.2, 0) is 0 Å². The van der Waals surface area contributed by atoms with Crippen LogP contribution in [0.25, 0.3) is 0 Å². The largest absolute Gasteiger partial charge is 0.495 e. The molecule has 0 spiro atoms. The third-order valence-corrected chi connectivity index (χ3v) is 2.85. The van der Waals surface area contributed by atoms with E-state index in [1.807, 2.05) is 26.0 Å². The molecule has 0 fully saturated rings. The number of hydrogen-bond acceptors (Lipinski definition) is 3. The monoisotopic (exact) mass is 243 g/mol. The summed E-state index contributed by atoms with van der Waals surface area (Å²) in [4.78, 5) is 4.06. The molecule has 0 bridgehead atoms. The van der Waals surface area contributed by atoms with Gasteiger partial charge in [0.1, 0.15) is 11.9 Å². The molecule has 18 heavy (non-hydrogen) atoms. The molecule has 0 aliphatic rings. The maximum absolute atomic E-state index is 10.4. The van der Waals surface area contributed by atoms with Crippen LogP contribution in [0.4, 0.5) is 0 Å². The summed E-state index contributed by atoms with van der Waals surface area (Å²) in [7, 11) is 1.59. The molecule has 1 aromatic heterocycles. The minimum Gasteiger partial charge on any atom is -0.495 e. The van der Waals surface area contributed by atoms with E-state index in [1.54, 1.807) is 25.6 Å². The SMILES string of the molecule is COc1cncc(C(O)c2cc(C)cc(C)c2)c1. The van der Waals surface area contributed by atoms with Crippen LogP contribution in [-0.4, -0.2) is 17.2 Å². The number of rotatable bonds is 3. The van der Waals surface area contributed by atoms with Crippen LogP contribution in [0.3, 0.4) is 0 Å². The number of benzene rings is 1. The van der Waals surface area contributed by atoms with Crippen LogP contribution in [0.5, 0.6) is 5.75 Å². The van der Waals surface area contributed by atoms with Crippen LogP contribution < -0.4 is 4.74 Å². The molecule has 0 saturated heterocycles. The van der Waals surface area contributed by atoms with E-state index in [4.69, 9.17) is 4.74 Å². The van der Waals surface area contributed by atoms with Crippen molar-refractivity contribution >= 4 is 0 Å². The molecule has 0 aliphatic carbocycles. The molecule has 1 aromatic carbocycles. The van der Waals surface area contributed by atoms with E-state index >= 15 is 0 Å². The van der Waals surface area contributed by atoms with Crippen molar-refractivity contribution in [2.45, 2.75) is 20.0 Å². The van der Waals surface area contributed by atoms with Crippen molar-refractivity contribution < 1.29 is 9.84 Å². The lowest BCUT2D eigenvalue weighted by atomic mass is 9.99. The van der Waals surface area contributed by atoms with Crippen LogP contribution in [0.2, 0.25) is 0 Å². The van der Waals surface area contributed by atoms with Crippen molar-refractivity contribution in [3.8, 4) is 5.75 Å². The molecular formula is C15H17NO2. The van der Waals surface area contributed by atoms with E-state index in [1.165, 1.54) is 0 Å². The lowest BCUT2D eigenvalue weighted by Crippen LogP contribution is -2.01. The molecule has 2 aromatic rings. The highest BCUT2D eigenvalue weighted by atomic mass is 16.5. The Hall–Kier alpha value is -1.87. The van der Waals surface area contributed by atoms with Gasteiger partial charge in [0.15, 0.2) is 0 Å². The molecule has 3 heteroatoms. The average Bonchev–Trinajstić information content (AvgIpc) is 2.37. The van der Waals surface area contributed by atoms with Crippen LogP contribution in [0, 0.1) is 13.8 Å². The summed E-state index contributed by atoms with van der Waals surface area (Å²) in [5.74, 6) is 0.649. The Balaban J connectivity index is 2.37. The number of aryl methyl sites for hydroxylation is 2. The lowest BCUT2D eigenvalue weighted by molar-refractivity contribution is 0.219. The van der Waals surface area contributed by atoms with E-state index in [2.05, 4.69) is 11.1 Å². The topological polar surface area (TPSA) is 42.4 Å². The smallest absolute Gasteiger partial charge is 0.137 e. The highest BCUT2D eigenvalue weighted by Gasteiger charge is 2.12. The van der Waals surface area contributed by atoms with Gasteiger partial charge in [-0.2, -0.15) is 0 Å². The zero-order valence-electron chi connectivity index (χ0n) is 10.8. The van der Waals surface area contributed by atoms with Crippen molar-refractivity contribution in [3.05, 3.63) is 58.9 Å². The third kappa shape index (κ3) is 2.68. The second-order valence-corrected chi connectivity index (χ2v) is 4.48. The fourth-order valence-corrected chi connectivity index (χ4v) is 2.06. The van der Waals surface area contributed by atoms with Crippen molar-refractivity contribution in [1.29, 1.82) is 0 Å². The lowest BCUT2D eigenvalue weighted by Gasteiger charge is -2.13. The van der Waals surface area contributed by atoms with Gasteiger partial charge in [-0.3, -0.25) is 4.98 Å². The van der Waals surface area contributed by atoms with Crippen molar-refractivity contribution in [1.82, 2.24) is 4.98 Å². The first-order chi connectivity index (χ1) is 8.60. The fraction of sp³-hybridized carbons (Fsp3) is 0.267. The van der Waals surface area contributed by atoms with Gasteiger partial charge < -0.3 is 9.84 Å². The Kier molecular flexibility index (Phi) is 3.63. The first-order valence-electron chi connectivity index (χ1n) is 5.85. The Labute approximate surface area is 107 Å². The molecule has 0 amide bonds. The molecule has 0 radical (unpaired) electrons. The number of methoxy groups -OCH3 is 1. The Morgan fingerprint density at radius 1 is 1.00 bits per heavy atom. The second-order valence-electron chi connectivity index (χ2n) is 4.48. The number of aromatic nitrogens is 1. The van der Waals surface area contributed by atoms with Gasteiger partial charge >= 0.3 is 0 Å². The van der Waals surface area contributed by atoms with Gasteiger partial charge in [0.25, 0.3) is 0 Å². The summed E-state index contributed by atoms with van der Waals surface area (Å²) in [6.07, 6.45) is 2.61. The molecule has 2 rings (SSSR count). The summed E-state index contributed by atoms with van der Waals surface area (Å²) in [6, 6.07) is 7.85. The quantitative estimate of drug-likeness (QED) is 0.901. The summed E-state index contributed by atoms with van der Waals surface area (Å²) < 4.78 is 5.11. The zero-order valence-corrected chi connectivity index (χ0v) is 10.8. The van der Waals surface area contributed by atoms with E-state index in [-0.39, 0.29) is 0 Å². The first kappa shape index (κ1) is 12.6. The average molecular weight is 243 g/mol. The first-order valence-corrected chi connectivity index (χ1v) is 5.85. The molecule has 3 nitrogen and oxygen atoms in total. The molecule has 1 heterocycles. The summed E-state index contributed by atoms with van der Waals surface area (Å²) in [6.45, 7) is 4.04. The van der Waals surface area contributed by atoms with Crippen LogP contribution in [0.1, 0.15) is 28.4 Å². The van der Waals surface area contributed by atoms with Gasteiger partial charge in [-0.05, 0) is 25.5 Å². The second kappa shape index (κ2) is 5.19. The minimum atomic E-state index is -0.675. The summed E-state index contributed by atoms with van der Waals surface area (Å²) in [5.41, 5.74) is 3.89. The van der Waals surface area contributed by atoms with Gasteiger partial charge in [0.2, 0.25) is 0 Å². The van der Waals surface area contributed by atoms with Crippen molar-refractivity contribution in [2.75, 3.05) is 7.11 Å². The molecule has 1 N–H and O–H groups in total. The zero-order chi connectivity index (χ0) is 13.1. The standard InChI is InChI=1S/C15H17NO2/c1-10-4-11(2)6-12(5-10)15(17)13-7-14(18-3)9-16-8-13/h4-9,15,17H,1-3H3. The van der Waals surface area contributed by atoms with Crippen molar-refractivity contribution in [2.24, 2.45) is 0 Å². The molecule has 0 aliphatic heterocycles. The summed E-state index contributed by atoms with van der Waals surface area (Å²) in [5, 5.41) is 10.4. The predicted octanol–water partition coefficient (Wildman–Crippen LogP) is 2.79. The van der Waals surface area contributed by atoms with Crippen LogP contribution in [0.15, 0.2) is 36.7 Å². The third-order valence-electron chi connectivity index (χ3n) is 2.85. The Bertz CT molecular complexity index is 532. The molecule has 1 atom stereocenters. The number of nitrogens with zero attached hydrogens (tertiary/aromatic N) is 1. The normalized spacial score (nSPS) is 12.2. The molecular weight excluding hydrogens is 226 g/mol. The van der Waals surface area contributed by atoms with E-state index in [0.717, 1.165) is 22.3 Å². The number of aliphatic hydroxyl groups excluding tert-OH is 1. The number of hydrogen-bond donors (Lipinski definition) is 1. The number of pyridine rings is 1. The maximum atomic E-state index is 10.4. The van der Waals surface area contributed by atoms with Gasteiger partial charge in [0.05, 0.1) is 13.3 Å². The molecule has 94 valence electrons. The van der Waals surface area contributed by atoms with Gasteiger partial charge in [-0.15, -0.1) is 0 Å². The van der Waals surface area contributed by atoms with Gasteiger partial charge in [0, 0.05) is 11.8 Å². The minimum absolute atomic E-state index is 0.649. The summed E-state index contributed by atoms with van der Waals surface area (Å²) >= 11 is 0. The highest BCUT2D eigenvalue weighted by Crippen LogP contribution is 2.25.